The van der Waals surface area contributed by atoms with Crippen LogP contribution in [0.15, 0.2) is 11.8 Å². The molecule has 0 aromatic heterocycles. The fraction of sp³-hybridized carbons (Fsp3) is 0.800. The van der Waals surface area contributed by atoms with Crippen molar-refractivity contribution in [2.75, 3.05) is 14.2 Å². The summed E-state index contributed by atoms with van der Waals surface area (Å²) in [5.74, 6) is 0.129. The number of esters is 2. The van der Waals surface area contributed by atoms with Gasteiger partial charge in [-0.3, -0.25) is 9.59 Å². The van der Waals surface area contributed by atoms with E-state index in [0.717, 1.165) is 38.5 Å². The number of carbonyl (C=O) groups is 2. The van der Waals surface area contributed by atoms with Crippen molar-refractivity contribution in [1.82, 2.24) is 0 Å². The second-order valence-electron chi connectivity index (χ2n) is 7.33. The van der Waals surface area contributed by atoms with Gasteiger partial charge in [-0.05, 0) is 57.4 Å². The van der Waals surface area contributed by atoms with Crippen molar-refractivity contribution in [1.29, 1.82) is 0 Å². The lowest BCUT2D eigenvalue weighted by Crippen LogP contribution is -2.41. The zero-order valence-electron chi connectivity index (χ0n) is 16.0. The van der Waals surface area contributed by atoms with E-state index in [-0.39, 0.29) is 18.0 Å². The summed E-state index contributed by atoms with van der Waals surface area (Å²) in [6, 6.07) is 0. The quantitative estimate of drug-likeness (QED) is 0.523. The molecule has 2 aliphatic rings. The summed E-state index contributed by atoms with van der Waals surface area (Å²) in [6.07, 6.45) is 9.53. The average molecular weight is 368 g/mol. The van der Waals surface area contributed by atoms with Crippen molar-refractivity contribution in [2.45, 2.75) is 82.8 Å². The summed E-state index contributed by atoms with van der Waals surface area (Å²) in [5.41, 5.74) is -0.805. The molecule has 0 bridgehead atoms. The number of hydrogen-bond acceptors (Lipinski definition) is 6. The van der Waals surface area contributed by atoms with Gasteiger partial charge in [0.2, 0.25) is 0 Å². The first-order valence-corrected chi connectivity index (χ1v) is 9.74. The largest absolute Gasteiger partial charge is 0.491 e. The van der Waals surface area contributed by atoms with Crippen LogP contribution in [-0.4, -0.2) is 43.5 Å². The van der Waals surface area contributed by atoms with Gasteiger partial charge in [0, 0.05) is 6.42 Å². The first-order valence-electron chi connectivity index (χ1n) is 9.74. The van der Waals surface area contributed by atoms with Crippen molar-refractivity contribution < 1.29 is 28.9 Å². The normalized spacial score (nSPS) is 28.8. The van der Waals surface area contributed by atoms with Crippen molar-refractivity contribution in [3.05, 3.63) is 11.8 Å². The minimum atomic E-state index is -0.805. The molecule has 2 aliphatic carbocycles. The maximum absolute atomic E-state index is 12.7. The summed E-state index contributed by atoms with van der Waals surface area (Å²) >= 11 is 0. The molecule has 2 rings (SSSR count). The van der Waals surface area contributed by atoms with Crippen molar-refractivity contribution in [3.8, 4) is 0 Å². The van der Waals surface area contributed by atoms with E-state index in [4.69, 9.17) is 9.47 Å². The molecule has 1 saturated carbocycles. The Morgan fingerprint density at radius 3 is 2.62 bits per heavy atom. The highest BCUT2D eigenvalue weighted by atomic mass is 16.5. The average Bonchev–Trinajstić information content (AvgIpc) is 2.67. The van der Waals surface area contributed by atoms with Gasteiger partial charge in [0.05, 0.1) is 20.3 Å². The summed E-state index contributed by atoms with van der Waals surface area (Å²) in [6.45, 7) is 0. The molecule has 6 nitrogen and oxygen atoms in total. The smallest absolute Gasteiger partial charge is 0.319 e. The highest BCUT2D eigenvalue weighted by Crippen LogP contribution is 2.45. The Morgan fingerprint density at radius 2 is 1.92 bits per heavy atom. The second-order valence-corrected chi connectivity index (χ2v) is 7.33. The lowest BCUT2D eigenvalue weighted by Gasteiger charge is -2.39. The molecule has 6 heteroatoms. The highest BCUT2D eigenvalue weighted by Gasteiger charge is 2.46. The number of hydrogen-bond donors (Lipinski definition) is 1. The molecule has 0 amide bonds. The molecule has 26 heavy (non-hydrogen) atoms. The van der Waals surface area contributed by atoms with E-state index in [1.807, 2.05) is 6.08 Å². The van der Waals surface area contributed by atoms with Crippen LogP contribution in [0.3, 0.4) is 0 Å². The molecule has 148 valence electrons. The molecule has 1 N–H and O–H groups in total. The van der Waals surface area contributed by atoms with Gasteiger partial charge < -0.3 is 19.3 Å². The standard InChI is InChI=1S/C20H32O6/c1-24-18(22)12-6-8-14-20(19(23)25-2)13-7-5-11-17(20)26-16-10-4-3-9-15(16)21/h11,15-16,21H,3-10,12-14H2,1-2H3/t15-,16-,20+/m0/s1. The third-order valence-corrected chi connectivity index (χ3v) is 5.59. The number of ether oxygens (including phenoxy) is 3. The number of allylic oxidation sites excluding steroid dienone is 1. The molecular weight excluding hydrogens is 336 g/mol. The molecule has 3 atom stereocenters. The van der Waals surface area contributed by atoms with E-state index >= 15 is 0 Å². The minimum absolute atomic E-state index is 0.238. The Balaban J connectivity index is 2.09. The van der Waals surface area contributed by atoms with E-state index < -0.39 is 11.5 Å². The van der Waals surface area contributed by atoms with Crippen LogP contribution in [0, 0.1) is 5.41 Å². The Kier molecular flexibility index (Phi) is 7.94. The summed E-state index contributed by atoms with van der Waals surface area (Å²) < 4.78 is 16.0. The third-order valence-electron chi connectivity index (χ3n) is 5.59. The number of aliphatic hydroxyl groups is 1. The van der Waals surface area contributed by atoms with Crippen molar-refractivity contribution in [2.24, 2.45) is 5.41 Å². The molecule has 0 saturated heterocycles. The zero-order chi connectivity index (χ0) is 19.0. The van der Waals surface area contributed by atoms with E-state index in [0.29, 0.717) is 37.9 Å². The van der Waals surface area contributed by atoms with Gasteiger partial charge in [0.15, 0.2) is 0 Å². The monoisotopic (exact) mass is 368 g/mol. The van der Waals surface area contributed by atoms with Crippen LogP contribution in [0.2, 0.25) is 0 Å². The molecule has 0 spiro atoms. The van der Waals surface area contributed by atoms with Gasteiger partial charge in [-0.25, -0.2) is 0 Å². The molecular formula is C20H32O6. The number of carbonyl (C=O) groups excluding carboxylic acids is 2. The molecule has 0 unspecified atom stereocenters. The minimum Gasteiger partial charge on any atom is -0.491 e. The van der Waals surface area contributed by atoms with Gasteiger partial charge in [-0.1, -0.05) is 12.8 Å². The molecule has 0 aromatic carbocycles. The second kappa shape index (κ2) is 9.95. The Bertz CT molecular complexity index is 514. The van der Waals surface area contributed by atoms with Gasteiger partial charge in [-0.15, -0.1) is 0 Å². The summed E-state index contributed by atoms with van der Waals surface area (Å²) in [4.78, 5) is 24.0. The maximum Gasteiger partial charge on any atom is 0.319 e. The number of rotatable bonds is 8. The van der Waals surface area contributed by atoms with E-state index in [2.05, 4.69) is 4.74 Å². The predicted molar refractivity (Wildman–Crippen MR) is 96.2 cm³/mol. The van der Waals surface area contributed by atoms with Crippen LogP contribution >= 0.6 is 0 Å². The number of aliphatic hydroxyl groups excluding tert-OH is 1. The van der Waals surface area contributed by atoms with Crippen LogP contribution in [0.4, 0.5) is 0 Å². The SMILES string of the molecule is COC(=O)CCCC[C@]1(C(=O)OC)CCCC=C1O[C@H]1CCCC[C@@H]1O. The van der Waals surface area contributed by atoms with Crippen LogP contribution < -0.4 is 0 Å². The Morgan fingerprint density at radius 1 is 1.15 bits per heavy atom. The fourth-order valence-corrected chi connectivity index (χ4v) is 4.04. The van der Waals surface area contributed by atoms with Crippen molar-refractivity contribution in [3.63, 3.8) is 0 Å². The maximum atomic E-state index is 12.7. The highest BCUT2D eigenvalue weighted by molar-refractivity contribution is 5.80. The molecule has 1 fully saturated rings. The summed E-state index contributed by atoms with van der Waals surface area (Å²) in [7, 11) is 2.78. The number of methoxy groups -OCH3 is 2. The Hall–Kier alpha value is -1.56. The van der Waals surface area contributed by atoms with E-state index in [9.17, 15) is 14.7 Å². The lowest BCUT2D eigenvalue weighted by atomic mass is 9.73. The lowest BCUT2D eigenvalue weighted by molar-refractivity contribution is -0.156. The van der Waals surface area contributed by atoms with Crippen LogP contribution in [0.1, 0.15) is 70.6 Å². The summed E-state index contributed by atoms with van der Waals surface area (Å²) in [5, 5.41) is 10.2. The van der Waals surface area contributed by atoms with Gasteiger partial charge in [0.1, 0.15) is 17.3 Å². The molecule has 0 heterocycles. The molecule has 0 aromatic rings. The number of unbranched alkanes of at least 4 members (excludes halogenated alkanes) is 1. The van der Waals surface area contributed by atoms with E-state index in [1.165, 1.54) is 14.2 Å². The van der Waals surface area contributed by atoms with Gasteiger partial charge in [0.25, 0.3) is 0 Å². The van der Waals surface area contributed by atoms with Gasteiger partial charge >= 0.3 is 11.9 Å². The van der Waals surface area contributed by atoms with Gasteiger partial charge in [-0.2, -0.15) is 0 Å². The van der Waals surface area contributed by atoms with Crippen LogP contribution in [0.25, 0.3) is 0 Å². The zero-order valence-corrected chi connectivity index (χ0v) is 16.0. The Labute approximate surface area is 155 Å². The van der Waals surface area contributed by atoms with Crippen LogP contribution in [-0.2, 0) is 23.8 Å². The topological polar surface area (TPSA) is 82.1 Å². The first-order chi connectivity index (χ1) is 12.5. The third kappa shape index (κ3) is 5.00. The predicted octanol–water partition coefficient (Wildman–Crippen LogP) is 3.27. The fourth-order valence-electron chi connectivity index (χ4n) is 4.04. The molecule has 0 radical (unpaired) electrons. The van der Waals surface area contributed by atoms with E-state index in [1.54, 1.807) is 0 Å². The van der Waals surface area contributed by atoms with Crippen molar-refractivity contribution >= 4 is 11.9 Å². The first kappa shape index (κ1) is 20.7. The molecule has 0 aliphatic heterocycles. The van der Waals surface area contributed by atoms with Crippen LogP contribution in [0.5, 0.6) is 0 Å².